The fraction of sp³-hybridized carbons (Fsp3) is 0.692. The highest BCUT2D eigenvalue weighted by Crippen LogP contribution is 2.32. The van der Waals surface area contributed by atoms with Gasteiger partial charge in [0.15, 0.2) is 0 Å². The summed E-state index contributed by atoms with van der Waals surface area (Å²) in [7, 11) is 0. The van der Waals surface area contributed by atoms with Crippen LogP contribution in [-0.2, 0) is 6.54 Å². The molecule has 4 nitrogen and oxygen atoms in total. The lowest BCUT2D eigenvalue weighted by Gasteiger charge is -2.18. The van der Waals surface area contributed by atoms with Crippen molar-refractivity contribution in [1.82, 2.24) is 19.7 Å². The Morgan fingerprint density at radius 3 is 2.47 bits per heavy atom. The van der Waals surface area contributed by atoms with Crippen molar-refractivity contribution in [3.8, 4) is 0 Å². The van der Waals surface area contributed by atoms with E-state index in [0.717, 1.165) is 30.7 Å². The minimum absolute atomic E-state index is 0.905. The number of fused-ring (bicyclic) bond motifs is 1. The SMILES string of the molecule is Cc1nncn1CCN1C[C@H]2CC=CC[C@H]2C1. The maximum absolute atomic E-state index is 4.02. The van der Waals surface area contributed by atoms with Crippen LogP contribution in [0.1, 0.15) is 18.7 Å². The van der Waals surface area contributed by atoms with Gasteiger partial charge < -0.3 is 9.47 Å². The molecule has 17 heavy (non-hydrogen) atoms. The van der Waals surface area contributed by atoms with Crippen LogP contribution in [0.2, 0.25) is 0 Å². The molecule has 1 aliphatic carbocycles. The van der Waals surface area contributed by atoms with Crippen LogP contribution < -0.4 is 0 Å². The van der Waals surface area contributed by atoms with Gasteiger partial charge in [0.25, 0.3) is 0 Å². The first kappa shape index (κ1) is 11.0. The molecule has 0 bridgehead atoms. The molecule has 0 saturated carbocycles. The molecule has 0 amide bonds. The van der Waals surface area contributed by atoms with Crippen LogP contribution in [0.5, 0.6) is 0 Å². The zero-order valence-electron chi connectivity index (χ0n) is 10.4. The predicted octanol–water partition coefficient (Wildman–Crippen LogP) is 1.48. The Kier molecular flexibility index (Phi) is 2.97. The van der Waals surface area contributed by atoms with Crippen molar-refractivity contribution >= 4 is 0 Å². The lowest BCUT2D eigenvalue weighted by atomic mass is 9.86. The molecule has 2 atom stereocenters. The van der Waals surface area contributed by atoms with Crippen LogP contribution in [0.3, 0.4) is 0 Å². The Morgan fingerprint density at radius 2 is 1.88 bits per heavy atom. The molecular weight excluding hydrogens is 212 g/mol. The second kappa shape index (κ2) is 4.61. The van der Waals surface area contributed by atoms with E-state index in [1.165, 1.54) is 25.9 Å². The zero-order chi connectivity index (χ0) is 11.7. The number of aryl methyl sites for hydroxylation is 1. The highest BCUT2D eigenvalue weighted by molar-refractivity contribution is 4.99. The van der Waals surface area contributed by atoms with E-state index in [2.05, 4.69) is 31.8 Å². The van der Waals surface area contributed by atoms with Gasteiger partial charge in [0.2, 0.25) is 0 Å². The van der Waals surface area contributed by atoms with E-state index in [1.807, 2.05) is 13.3 Å². The molecule has 0 spiro atoms. The van der Waals surface area contributed by atoms with Gasteiger partial charge in [0, 0.05) is 26.2 Å². The van der Waals surface area contributed by atoms with Gasteiger partial charge in [-0.3, -0.25) is 0 Å². The van der Waals surface area contributed by atoms with Crippen molar-refractivity contribution in [2.75, 3.05) is 19.6 Å². The lowest BCUT2D eigenvalue weighted by molar-refractivity contribution is 0.306. The summed E-state index contributed by atoms with van der Waals surface area (Å²) >= 11 is 0. The Balaban J connectivity index is 1.53. The van der Waals surface area contributed by atoms with E-state index >= 15 is 0 Å². The first-order chi connectivity index (χ1) is 8.33. The van der Waals surface area contributed by atoms with Crippen LogP contribution in [0.25, 0.3) is 0 Å². The molecule has 1 aliphatic heterocycles. The molecule has 0 radical (unpaired) electrons. The number of rotatable bonds is 3. The molecule has 0 unspecified atom stereocenters. The fourth-order valence-electron chi connectivity index (χ4n) is 3.08. The normalized spacial score (nSPS) is 28.5. The van der Waals surface area contributed by atoms with Crippen LogP contribution in [0.4, 0.5) is 0 Å². The van der Waals surface area contributed by atoms with Crippen LogP contribution in [0.15, 0.2) is 18.5 Å². The molecule has 0 aromatic carbocycles. The Morgan fingerprint density at radius 1 is 1.18 bits per heavy atom. The van der Waals surface area contributed by atoms with E-state index in [9.17, 15) is 0 Å². The predicted molar refractivity (Wildman–Crippen MR) is 66.6 cm³/mol. The third kappa shape index (κ3) is 2.27. The number of allylic oxidation sites excluding steroid dienone is 2. The molecular formula is C13H20N4. The summed E-state index contributed by atoms with van der Waals surface area (Å²) in [6, 6.07) is 0. The molecule has 1 aromatic heterocycles. The molecule has 1 fully saturated rings. The minimum Gasteiger partial charge on any atom is -0.317 e. The molecule has 2 aliphatic rings. The third-order valence-corrected chi connectivity index (χ3v) is 4.16. The smallest absolute Gasteiger partial charge is 0.129 e. The van der Waals surface area contributed by atoms with Gasteiger partial charge in [-0.25, -0.2) is 0 Å². The summed E-state index contributed by atoms with van der Waals surface area (Å²) in [5.74, 6) is 2.83. The Labute approximate surface area is 102 Å². The molecule has 92 valence electrons. The van der Waals surface area contributed by atoms with Crippen molar-refractivity contribution in [1.29, 1.82) is 0 Å². The maximum atomic E-state index is 4.02. The third-order valence-electron chi connectivity index (χ3n) is 4.16. The first-order valence-electron chi connectivity index (χ1n) is 6.54. The van der Waals surface area contributed by atoms with Gasteiger partial charge in [-0.1, -0.05) is 12.2 Å². The number of aromatic nitrogens is 3. The molecule has 1 aromatic rings. The van der Waals surface area contributed by atoms with Crippen molar-refractivity contribution in [2.45, 2.75) is 26.3 Å². The molecule has 4 heteroatoms. The van der Waals surface area contributed by atoms with Crippen molar-refractivity contribution in [3.63, 3.8) is 0 Å². The van der Waals surface area contributed by atoms with E-state index < -0.39 is 0 Å². The highest BCUT2D eigenvalue weighted by Gasteiger charge is 2.32. The topological polar surface area (TPSA) is 34.0 Å². The Bertz CT molecular complexity index is 393. The van der Waals surface area contributed by atoms with Crippen molar-refractivity contribution < 1.29 is 0 Å². The number of likely N-dealkylation sites (tertiary alicyclic amines) is 1. The zero-order valence-corrected chi connectivity index (χ0v) is 10.4. The number of hydrogen-bond acceptors (Lipinski definition) is 3. The van der Waals surface area contributed by atoms with Crippen LogP contribution in [0, 0.1) is 18.8 Å². The van der Waals surface area contributed by atoms with E-state index in [0.29, 0.717) is 0 Å². The van der Waals surface area contributed by atoms with Crippen molar-refractivity contribution in [2.24, 2.45) is 11.8 Å². The monoisotopic (exact) mass is 232 g/mol. The first-order valence-corrected chi connectivity index (χ1v) is 6.54. The molecule has 0 N–H and O–H groups in total. The van der Waals surface area contributed by atoms with Crippen LogP contribution in [-0.4, -0.2) is 39.3 Å². The summed E-state index contributed by atoms with van der Waals surface area (Å²) in [4.78, 5) is 2.60. The lowest BCUT2D eigenvalue weighted by Crippen LogP contribution is -2.25. The summed E-state index contributed by atoms with van der Waals surface area (Å²) in [5.41, 5.74) is 0. The maximum Gasteiger partial charge on any atom is 0.129 e. The van der Waals surface area contributed by atoms with Crippen molar-refractivity contribution in [3.05, 3.63) is 24.3 Å². The molecule has 3 rings (SSSR count). The fourth-order valence-corrected chi connectivity index (χ4v) is 3.08. The average molecular weight is 232 g/mol. The average Bonchev–Trinajstić information content (AvgIpc) is 2.92. The number of nitrogens with zero attached hydrogens (tertiary/aromatic N) is 4. The summed E-state index contributed by atoms with van der Waals surface area (Å²) in [6.45, 7) is 6.71. The van der Waals surface area contributed by atoms with E-state index in [1.54, 1.807) is 0 Å². The Hall–Kier alpha value is -1.16. The van der Waals surface area contributed by atoms with Gasteiger partial charge >= 0.3 is 0 Å². The second-order valence-electron chi connectivity index (χ2n) is 5.29. The van der Waals surface area contributed by atoms with Gasteiger partial charge in [-0.05, 0) is 31.6 Å². The van der Waals surface area contributed by atoms with Gasteiger partial charge in [0.1, 0.15) is 12.2 Å². The van der Waals surface area contributed by atoms with Gasteiger partial charge in [-0.15, -0.1) is 10.2 Å². The second-order valence-corrected chi connectivity index (χ2v) is 5.29. The molecule has 2 heterocycles. The van der Waals surface area contributed by atoms with E-state index in [-0.39, 0.29) is 0 Å². The summed E-state index contributed by atoms with van der Waals surface area (Å²) in [6.07, 6.45) is 9.11. The quantitative estimate of drug-likeness (QED) is 0.740. The highest BCUT2D eigenvalue weighted by atomic mass is 15.3. The standard InChI is InChI=1S/C13H20N4/c1-11-15-14-10-17(11)7-6-16-8-12-4-2-3-5-13(12)9-16/h2-3,10,12-13H,4-9H2,1H3/t12-,13+. The molecule has 1 saturated heterocycles. The van der Waals surface area contributed by atoms with Gasteiger partial charge in [0.05, 0.1) is 0 Å². The van der Waals surface area contributed by atoms with E-state index in [4.69, 9.17) is 0 Å². The number of hydrogen-bond donors (Lipinski definition) is 0. The minimum atomic E-state index is 0.905. The summed E-state index contributed by atoms with van der Waals surface area (Å²) < 4.78 is 2.14. The van der Waals surface area contributed by atoms with Gasteiger partial charge in [-0.2, -0.15) is 0 Å². The van der Waals surface area contributed by atoms with Crippen LogP contribution >= 0.6 is 0 Å². The summed E-state index contributed by atoms with van der Waals surface area (Å²) in [5, 5.41) is 7.94. The largest absolute Gasteiger partial charge is 0.317 e.